The lowest BCUT2D eigenvalue weighted by Crippen LogP contribution is -2.42. The number of benzene rings is 1. The van der Waals surface area contributed by atoms with Crippen LogP contribution in [0.25, 0.3) is 0 Å². The Morgan fingerprint density at radius 2 is 2.00 bits per heavy atom. The lowest BCUT2D eigenvalue weighted by molar-refractivity contribution is -0.118. The molecule has 1 N–H and O–H groups in total. The lowest BCUT2D eigenvalue weighted by Gasteiger charge is -2.28. The number of anilines is 1. The van der Waals surface area contributed by atoms with Crippen molar-refractivity contribution in [2.24, 2.45) is 5.92 Å². The molecule has 3 heteroatoms. The Morgan fingerprint density at radius 1 is 1.30 bits per heavy atom. The third-order valence-electron chi connectivity index (χ3n) is 4.59. The Balaban J connectivity index is 1.60. The zero-order valence-corrected chi connectivity index (χ0v) is 12.4. The SMILES string of the molecule is Cc1ccccc1NC(=O)CN(C1CC1)C(C)C1CC1. The molecular weight excluding hydrogens is 248 g/mol. The van der Waals surface area contributed by atoms with Crippen molar-refractivity contribution in [2.45, 2.75) is 51.6 Å². The molecule has 20 heavy (non-hydrogen) atoms. The minimum Gasteiger partial charge on any atom is -0.325 e. The van der Waals surface area contributed by atoms with Gasteiger partial charge in [0, 0.05) is 17.8 Å². The second-order valence-electron chi connectivity index (χ2n) is 6.34. The summed E-state index contributed by atoms with van der Waals surface area (Å²) in [4.78, 5) is 14.7. The number of hydrogen-bond donors (Lipinski definition) is 1. The molecule has 1 aromatic carbocycles. The van der Waals surface area contributed by atoms with Gasteiger partial charge in [0.1, 0.15) is 0 Å². The molecule has 0 aliphatic heterocycles. The molecule has 3 nitrogen and oxygen atoms in total. The number of carbonyl (C=O) groups excluding carboxylic acids is 1. The van der Waals surface area contributed by atoms with Gasteiger partial charge in [0.25, 0.3) is 0 Å². The van der Waals surface area contributed by atoms with Crippen LogP contribution in [0, 0.1) is 12.8 Å². The summed E-state index contributed by atoms with van der Waals surface area (Å²) in [6.07, 6.45) is 5.19. The third-order valence-corrected chi connectivity index (χ3v) is 4.59. The summed E-state index contributed by atoms with van der Waals surface area (Å²) >= 11 is 0. The highest BCUT2D eigenvalue weighted by Crippen LogP contribution is 2.39. The molecule has 1 unspecified atom stereocenters. The summed E-state index contributed by atoms with van der Waals surface area (Å²) < 4.78 is 0. The van der Waals surface area contributed by atoms with Crippen molar-refractivity contribution in [1.82, 2.24) is 4.90 Å². The normalized spacial score (nSPS) is 19.9. The maximum atomic E-state index is 12.3. The highest BCUT2D eigenvalue weighted by molar-refractivity contribution is 5.93. The first-order chi connectivity index (χ1) is 9.65. The number of amides is 1. The van der Waals surface area contributed by atoms with Gasteiger partial charge in [-0.2, -0.15) is 0 Å². The van der Waals surface area contributed by atoms with Gasteiger partial charge in [-0.25, -0.2) is 0 Å². The number of para-hydroxylation sites is 1. The minimum absolute atomic E-state index is 0.124. The van der Waals surface area contributed by atoms with Crippen molar-refractivity contribution >= 4 is 11.6 Å². The second-order valence-corrected chi connectivity index (χ2v) is 6.34. The van der Waals surface area contributed by atoms with Gasteiger partial charge in [-0.1, -0.05) is 18.2 Å². The topological polar surface area (TPSA) is 32.3 Å². The van der Waals surface area contributed by atoms with Gasteiger partial charge in [0.15, 0.2) is 0 Å². The fourth-order valence-electron chi connectivity index (χ4n) is 2.93. The number of nitrogens with one attached hydrogen (secondary N) is 1. The standard InChI is InChI=1S/C17H24N2O/c1-12-5-3-4-6-16(12)18-17(20)11-19(15-9-10-15)13(2)14-7-8-14/h3-6,13-15H,7-11H2,1-2H3,(H,18,20). The summed E-state index contributed by atoms with van der Waals surface area (Å²) in [5, 5.41) is 3.06. The zero-order chi connectivity index (χ0) is 14.1. The average Bonchev–Trinajstić information content (AvgIpc) is 3.30. The van der Waals surface area contributed by atoms with Gasteiger partial charge >= 0.3 is 0 Å². The van der Waals surface area contributed by atoms with Crippen molar-refractivity contribution in [3.05, 3.63) is 29.8 Å². The van der Waals surface area contributed by atoms with Crippen molar-refractivity contribution < 1.29 is 4.79 Å². The quantitative estimate of drug-likeness (QED) is 0.862. The van der Waals surface area contributed by atoms with Gasteiger partial charge in [0.05, 0.1) is 6.54 Å². The van der Waals surface area contributed by atoms with E-state index in [2.05, 4.69) is 17.1 Å². The van der Waals surface area contributed by atoms with Crippen LogP contribution in [-0.2, 0) is 4.79 Å². The van der Waals surface area contributed by atoms with Crippen LogP contribution in [0.5, 0.6) is 0 Å². The first-order valence-electron chi connectivity index (χ1n) is 7.76. The van der Waals surface area contributed by atoms with Crippen molar-refractivity contribution in [3.63, 3.8) is 0 Å². The summed E-state index contributed by atoms with van der Waals surface area (Å²) in [5.74, 6) is 0.945. The van der Waals surface area contributed by atoms with Crippen molar-refractivity contribution in [1.29, 1.82) is 0 Å². The number of nitrogens with zero attached hydrogens (tertiary/aromatic N) is 1. The van der Waals surface area contributed by atoms with Crippen LogP contribution in [-0.4, -0.2) is 29.4 Å². The molecule has 2 aliphatic rings. The monoisotopic (exact) mass is 272 g/mol. The number of aryl methyl sites for hydroxylation is 1. The zero-order valence-electron chi connectivity index (χ0n) is 12.4. The van der Waals surface area contributed by atoms with Gasteiger partial charge in [-0.3, -0.25) is 9.69 Å². The predicted octanol–water partition coefficient (Wildman–Crippen LogP) is 3.20. The molecule has 2 saturated carbocycles. The van der Waals surface area contributed by atoms with Crippen LogP contribution in [0.15, 0.2) is 24.3 Å². The Kier molecular flexibility index (Phi) is 3.79. The molecule has 0 heterocycles. The summed E-state index contributed by atoms with van der Waals surface area (Å²) in [6, 6.07) is 9.17. The molecule has 1 aromatic rings. The summed E-state index contributed by atoms with van der Waals surface area (Å²) in [6.45, 7) is 4.86. The summed E-state index contributed by atoms with van der Waals surface area (Å²) in [7, 11) is 0. The van der Waals surface area contributed by atoms with Gasteiger partial charge in [-0.15, -0.1) is 0 Å². The molecule has 2 aliphatic carbocycles. The van der Waals surface area contributed by atoms with Crippen LogP contribution in [0.1, 0.15) is 38.2 Å². The lowest BCUT2D eigenvalue weighted by atomic mass is 10.1. The van der Waals surface area contributed by atoms with Crippen LogP contribution < -0.4 is 5.32 Å². The molecule has 1 atom stereocenters. The van der Waals surface area contributed by atoms with Gasteiger partial charge in [-0.05, 0) is 57.1 Å². The van der Waals surface area contributed by atoms with Crippen LogP contribution in [0.4, 0.5) is 5.69 Å². The third kappa shape index (κ3) is 3.21. The van der Waals surface area contributed by atoms with E-state index >= 15 is 0 Å². The number of carbonyl (C=O) groups is 1. The predicted molar refractivity (Wildman–Crippen MR) is 81.7 cm³/mol. The van der Waals surface area contributed by atoms with Crippen LogP contribution in [0.3, 0.4) is 0 Å². The maximum absolute atomic E-state index is 12.3. The highest BCUT2D eigenvalue weighted by atomic mass is 16.2. The van der Waals surface area contributed by atoms with E-state index in [0.717, 1.165) is 17.2 Å². The molecule has 1 amide bonds. The van der Waals surface area contributed by atoms with E-state index in [9.17, 15) is 4.79 Å². The number of rotatable bonds is 6. The van der Waals surface area contributed by atoms with E-state index in [4.69, 9.17) is 0 Å². The molecular formula is C17H24N2O. The average molecular weight is 272 g/mol. The van der Waals surface area contributed by atoms with E-state index < -0.39 is 0 Å². The molecule has 2 fully saturated rings. The Labute approximate surface area is 121 Å². The Morgan fingerprint density at radius 3 is 2.60 bits per heavy atom. The van der Waals surface area contributed by atoms with E-state index in [-0.39, 0.29) is 5.91 Å². The summed E-state index contributed by atoms with van der Waals surface area (Å²) in [5.41, 5.74) is 2.06. The van der Waals surface area contributed by atoms with E-state index in [1.165, 1.54) is 25.7 Å². The van der Waals surface area contributed by atoms with Gasteiger partial charge < -0.3 is 5.32 Å². The van der Waals surface area contributed by atoms with Crippen molar-refractivity contribution in [3.8, 4) is 0 Å². The molecule has 0 bridgehead atoms. The van der Waals surface area contributed by atoms with Crippen molar-refractivity contribution in [2.75, 3.05) is 11.9 Å². The van der Waals surface area contributed by atoms with Gasteiger partial charge in [0.2, 0.25) is 5.91 Å². The molecule has 108 valence electrons. The molecule has 0 spiro atoms. The first kappa shape index (κ1) is 13.6. The molecule has 0 aromatic heterocycles. The number of hydrogen-bond acceptors (Lipinski definition) is 2. The second kappa shape index (κ2) is 5.57. The fraction of sp³-hybridized carbons (Fsp3) is 0.588. The van der Waals surface area contributed by atoms with E-state index in [0.29, 0.717) is 18.6 Å². The Bertz CT molecular complexity index is 492. The first-order valence-corrected chi connectivity index (χ1v) is 7.76. The minimum atomic E-state index is 0.124. The Hall–Kier alpha value is -1.35. The fourth-order valence-corrected chi connectivity index (χ4v) is 2.93. The van der Waals surface area contributed by atoms with E-state index in [1.54, 1.807) is 0 Å². The largest absolute Gasteiger partial charge is 0.325 e. The van der Waals surface area contributed by atoms with Crippen LogP contribution in [0.2, 0.25) is 0 Å². The molecule has 0 saturated heterocycles. The van der Waals surface area contributed by atoms with Crippen LogP contribution >= 0.6 is 0 Å². The smallest absolute Gasteiger partial charge is 0.238 e. The highest BCUT2D eigenvalue weighted by Gasteiger charge is 2.39. The maximum Gasteiger partial charge on any atom is 0.238 e. The molecule has 3 rings (SSSR count). The van der Waals surface area contributed by atoms with E-state index in [1.807, 2.05) is 31.2 Å². The molecule has 0 radical (unpaired) electrons.